The molecule has 0 saturated carbocycles. The molecule has 0 radical (unpaired) electrons. The minimum Gasteiger partial charge on any atom is -0.344 e. The molecule has 0 unspecified atom stereocenters. The van der Waals surface area contributed by atoms with Crippen LogP contribution in [0, 0.1) is 11.8 Å². The van der Waals surface area contributed by atoms with Crippen molar-refractivity contribution >= 4 is 0 Å². The van der Waals surface area contributed by atoms with Gasteiger partial charge in [-0.3, -0.25) is 4.90 Å². The van der Waals surface area contributed by atoms with Crippen molar-refractivity contribution in [3.8, 4) is 11.8 Å². The van der Waals surface area contributed by atoms with Gasteiger partial charge in [-0.15, -0.1) is 5.92 Å². The van der Waals surface area contributed by atoms with Crippen LogP contribution >= 0.6 is 0 Å². The van der Waals surface area contributed by atoms with Crippen molar-refractivity contribution in [1.29, 1.82) is 0 Å². The van der Waals surface area contributed by atoms with E-state index in [2.05, 4.69) is 21.7 Å². The summed E-state index contributed by atoms with van der Waals surface area (Å²) in [6.45, 7) is 3.95. The summed E-state index contributed by atoms with van der Waals surface area (Å²) >= 11 is 0. The summed E-state index contributed by atoms with van der Waals surface area (Å²) in [5.41, 5.74) is 2.72. The number of fused-ring (bicyclic) bond motifs is 1. The molecule has 3 nitrogen and oxygen atoms in total. The van der Waals surface area contributed by atoms with Crippen LogP contribution in [0.5, 0.6) is 0 Å². The minimum atomic E-state index is 0.469. The minimum absolute atomic E-state index is 0.469. The van der Waals surface area contributed by atoms with Gasteiger partial charge < -0.3 is 4.98 Å². The molecule has 96 valence electrons. The Morgan fingerprint density at radius 1 is 1.33 bits per heavy atom. The molecule has 1 saturated heterocycles. The van der Waals surface area contributed by atoms with E-state index >= 15 is 0 Å². The molecular formula is C15H21N3. The lowest BCUT2D eigenvalue weighted by molar-refractivity contribution is 0.280. The molecule has 2 aliphatic rings. The van der Waals surface area contributed by atoms with Crippen LogP contribution in [0.4, 0.5) is 0 Å². The van der Waals surface area contributed by atoms with Crippen LogP contribution in [0.15, 0.2) is 0 Å². The summed E-state index contributed by atoms with van der Waals surface area (Å²) in [6, 6.07) is 0.469. The molecule has 18 heavy (non-hydrogen) atoms. The van der Waals surface area contributed by atoms with Gasteiger partial charge in [0.1, 0.15) is 5.82 Å². The Hall–Kier alpha value is -1.27. The molecule has 1 aromatic rings. The van der Waals surface area contributed by atoms with Crippen molar-refractivity contribution in [1.82, 2.24) is 14.9 Å². The molecule has 1 aromatic heterocycles. The van der Waals surface area contributed by atoms with E-state index < -0.39 is 0 Å². The van der Waals surface area contributed by atoms with E-state index in [4.69, 9.17) is 4.98 Å². The van der Waals surface area contributed by atoms with E-state index in [0.717, 1.165) is 19.5 Å². The fourth-order valence-corrected chi connectivity index (χ4v) is 3.14. The number of nitrogens with one attached hydrogen (secondary N) is 1. The predicted octanol–water partition coefficient (Wildman–Crippen LogP) is 2.45. The van der Waals surface area contributed by atoms with E-state index in [9.17, 15) is 0 Å². The lowest BCUT2D eigenvalue weighted by Crippen LogP contribution is -2.24. The number of likely N-dealkylation sites (tertiary alicyclic amines) is 1. The Balaban J connectivity index is 1.79. The molecule has 1 aliphatic carbocycles. The van der Waals surface area contributed by atoms with Gasteiger partial charge in [0, 0.05) is 5.69 Å². The maximum atomic E-state index is 4.85. The van der Waals surface area contributed by atoms with Crippen LogP contribution in [0.2, 0.25) is 0 Å². The second kappa shape index (κ2) is 5.16. The average Bonchev–Trinajstić information content (AvgIpc) is 3.01. The molecule has 1 N–H and O–H groups in total. The van der Waals surface area contributed by atoms with Gasteiger partial charge in [-0.2, -0.15) is 0 Å². The summed E-state index contributed by atoms with van der Waals surface area (Å²) in [5, 5.41) is 0. The molecule has 1 atom stereocenters. The lowest BCUT2D eigenvalue weighted by Gasteiger charge is -2.19. The van der Waals surface area contributed by atoms with Crippen molar-refractivity contribution in [3.63, 3.8) is 0 Å². The van der Waals surface area contributed by atoms with E-state index in [1.54, 1.807) is 0 Å². The van der Waals surface area contributed by atoms with Crippen molar-refractivity contribution in [2.75, 3.05) is 13.1 Å². The van der Waals surface area contributed by atoms with Crippen LogP contribution < -0.4 is 0 Å². The van der Waals surface area contributed by atoms with E-state index in [0.29, 0.717) is 6.04 Å². The van der Waals surface area contributed by atoms with Gasteiger partial charge in [0.15, 0.2) is 0 Å². The number of nitrogens with zero attached hydrogens (tertiary/aromatic N) is 2. The summed E-state index contributed by atoms with van der Waals surface area (Å²) in [4.78, 5) is 10.9. The first-order valence-electron chi connectivity index (χ1n) is 7.10. The normalized spacial score (nSPS) is 23.5. The highest BCUT2D eigenvalue weighted by atomic mass is 15.2. The van der Waals surface area contributed by atoms with Gasteiger partial charge >= 0.3 is 0 Å². The Bertz CT molecular complexity index is 454. The first kappa shape index (κ1) is 11.8. The highest BCUT2D eigenvalue weighted by Crippen LogP contribution is 2.31. The largest absolute Gasteiger partial charge is 0.344 e. The molecule has 0 amide bonds. The van der Waals surface area contributed by atoms with Crippen LogP contribution in [-0.4, -0.2) is 28.0 Å². The standard InChI is InChI=1S/C15H21N3/c1-2-3-10-18-11-6-9-14(18)15-16-12-7-4-5-8-13(12)17-15/h14H,4-11H2,1H3,(H,16,17)/t14-/m0/s1. The summed E-state index contributed by atoms with van der Waals surface area (Å²) in [7, 11) is 0. The first-order chi connectivity index (χ1) is 8.88. The van der Waals surface area contributed by atoms with Gasteiger partial charge in [0.05, 0.1) is 18.3 Å². The van der Waals surface area contributed by atoms with E-state index in [-0.39, 0.29) is 0 Å². The molecule has 1 aliphatic heterocycles. The van der Waals surface area contributed by atoms with Gasteiger partial charge in [-0.05, 0) is 52.0 Å². The number of hydrogen-bond donors (Lipinski definition) is 1. The number of hydrogen-bond acceptors (Lipinski definition) is 2. The number of aromatic amines is 1. The molecule has 0 aromatic carbocycles. The fourth-order valence-electron chi connectivity index (χ4n) is 3.14. The Morgan fingerprint density at radius 2 is 2.22 bits per heavy atom. The number of rotatable bonds is 2. The third kappa shape index (κ3) is 2.18. The van der Waals surface area contributed by atoms with Gasteiger partial charge in [0.2, 0.25) is 0 Å². The van der Waals surface area contributed by atoms with Crippen LogP contribution in [0.3, 0.4) is 0 Å². The van der Waals surface area contributed by atoms with Gasteiger partial charge in [-0.1, -0.05) is 5.92 Å². The van der Waals surface area contributed by atoms with Gasteiger partial charge in [-0.25, -0.2) is 4.98 Å². The highest BCUT2D eigenvalue weighted by Gasteiger charge is 2.29. The molecule has 0 bridgehead atoms. The molecule has 0 spiro atoms. The number of aromatic nitrogens is 2. The summed E-state index contributed by atoms with van der Waals surface area (Å²) in [6.07, 6.45) is 7.44. The van der Waals surface area contributed by atoms with Crippen LogP contribution in [-0.2, 0) is 12.8 Å². The highest BCUT2D eigenvalue weighted by molar-refractivity contribution is 5.20. The SMILES string of the molecule is CC#CCN1CCC[C@H]1c1nc2c([nH]1)CCCC2. The lowest BCUT2D eigenvalue weighted by atomic mass is 10.0. The number of H-pyrrole nitrogens is 1. The zero-order chi connectivity index (χ0) is 12.4. The van der Waals surface area contributed by atoms with Crippen LogP contribution in [0.25, 0.3) is 0 Å². The predicted molar refractivity (Wildman–Crippen MR) is 72.2 cm³/mol. The molecule has 3 rings (SSSR count). The zero-order valence-electron chi connectivity index (χ0n) is 11.1. The van der Waals surface area contributed by atoms with Crippen LogP contribution in [0.1, 0.15) is 55.9 Å². The second-order valence-electron chi connectivity index (χ2n) is 5.31. The van der Waals surface area contributed by atoms with Crippen molar-refractivity contribution in [3.05, 3.63) is 17.2 Å². The van der Waals surface area contributed by atoms with Crippen molar-refractivity contribution in [2.45, 2.75) is 51.5 Å². The maximum absolute atomic E-state index is 4.85. The monoisotopic (exact) mass is 243 g/mol. The number of imidazole rings is 1. The topological polar surface area (TPSA) is 31.9 Å². The second-order valence-corrected chi connectivity index (χ2v) is 5.31. The summed E-state index contributed by atoms with van der Waals surface area (Å²) < 4.78 is 0. The quantitative estimate of drug-likeness (QED) is 0.809. The zero-order valence-corrected chi connectivity index (χ0v) is 11.1. The third-order valence-electron chi connectivity index (χ3n) is 4.11. The molecule has 3 heteroatoms. The smallest absolute Gasteiger partial charge is 0.124 e. The van der Waals surface area contributed by atoms with Crippen molar-refractivity contribution in [2.24, 2.45) is 0 Å². The molecular weight excluding hydrogens is 222 g/mol. The Labute approximate surface area is 109 Å². The Morgan fingerprint density at radius 3 is 3.06 bits per heavy atom. The molecule has 1 fully saturated rings. The Kier molecular flexibility index (Phi) is 3.38. The maximum Gasteiger partial charge on any atom is 0.124 e. The molecule has 2 heterocycles. The summed E-state index contributed by atoms with van der Waals surface area (Å²) in [5.74, 6) is 7.37. The van der Waals surface area contributed by atoms with Gasteiger partial charge in [0.25, 0.3) is 0 Å². The average molecular weight is 243 g/mol. The van der Waals surface area contributed by atoms with E-state index in [1.807, 2.05) is 6.92 Å². The fraction of sp³-hybridized carbons (Fsp3) is 0.667. The third-order valence-corrected chi connectivity index (χ3v) is 4.11. The van der Waals surface area contributed by atoms with E-state index in [1.165, 1.54) is 49.3 Å². The first-order valence-corrected chi connectivity index (χ1v) is 7.10. The number of aryl methyl sites for hydroxylation is 2. The van der Waals surface area contributed by atoms with Crippen molar-refractivity contribution < 1.29 is 0 Å².